The van der Waals surface area contributed by atoms with E-state index in [9.17, 15) is 9.59 Å². The van der Waals surface area contributed by atoms with Crippen molar-refractivity contribution in [1.82, 2.24) is 14.9 Å². The summed E-state index contributed by atoms with van der Waals surface area (Å²) in [6.45, 7) is 4.42. The van der Waals surface area contributed by atoms with E-state index >= 15 is 0 Å². The van der Waals surface area contributed by atoms with Gasteiger partial charge in [-0.1, -0.05) is 12.1 Å². The number of ether oxygens (including phenoxy) is 1. The molecule has 0 unspecified atom stereocenters. The van der Waals surface area contributed by atoms with Gasteiger partial charge in [0.25, 0.3) is 0 Å². The lowest BCUT2D eigenvalue weighted by Gasteiger charge is -2.15. The number of hydrogen-bond donors (Lipinski definition) is 1. The normalized spacial score (nSPS) is 11.7. The molecular weight excluding hydrogens is 366 g/mol. The molecule has 0 fully saturated rings. The average molecular weight is 391 g/mol. The topological polar surface area (TPSA) is 73.2 Å². The molecule has 0 aliphatic heterocycles. The number of benzene rings is 2. The van der Waals surface area contributed by atoms with Gasteiger partial charge in [0.2, 0.25) is 5.91 Å². The molecule has 1 aromatic heterocycles. The van der Waals surface area contributed by atoms with E-state index in [2.05, 4.69) is 10.3 Å². The Labute approximate surface area is 170 Å². The van der Waals surface area contributed by atoms with E-state index in [1.165, 1.54) is 0 Å². The molecule has 0 saturated heterocycles. The second-order valence-corrected chi connectivity index (χ2v) is 6.73. The van der Waals surface area contributed by atoms with Gasteiger partial charge in [0, 0.05) is 36.5 Å². The molecule has 3 rings (SSSR count). The van der Waals surface area contributed by atoms with Crippen LogP contribution in [0.3, 0.4) is 0 Å². The molecule has 1 N–H and O–H groups in total. The van der Waals surface area contributed by atoms with Gasteiger partial charge in [-0.3, -0.25) is 9.59 Å². The molecule has 2 aromatic carbocycles. The molecule has 1 amide bonds. The minimum Gasteiger partial charge on any atom is -0.494 e. The van der Waals surface area contributed by atoms with Crippen molar-refractivity contribution in [1.29, 1.82) is 0 Å². The van der Waals surface area contributed by atoms with E-state index in [4.69, 9.17) is 4.74 Å². The lowest BCUT2D eigenvalue weighted by atomic mass is 10.1. The zero-order valence-electron chi connectivity index (χ0n) is 16.7. The highest BCUT2D eigenvalue weighted by atomic mass is 16.5. The predicted molar refractivity (Wildman–Crippen MR) is 111 cm³/mol. The molecule has 29 heavy (non-hydrogen) atoms. The third kappa shape index (κ3) is 5.54. The fourth-order valence-electron chi connectivity index (χ4n) is 3.02. The molecule has 0 aliphatic rings. The van der Waals surface area contributed by atoms with Gasteiger partial charge < -0.3 is 14.6 Å². The summed E-state index contributed by atoms with van der Waals surface area (Å²) in [7, 11) is 0. The van der Waals surface area contributed by atoms with E-state index in [0.717, 1.165) is 17.0 Å². The minimum absolute atomic E-state index is 0.0551. The summed E-state index contributed by atoms with van der Waals surface area (Å²) in [5.74, 6) is 0.533. The fourth-order valence-corrected chi connectivity index (χ4v) is 3.02. The van der Waals surface area contributed by atoms with Gasteiger partial charge in [-0.05, 0) is 55.8 Å². The second kappa shape index (κ2) is 9.68. The Morgan fingerprint density at radius 1 is 1.07 bits per heavy atom. The number of Topliss-reactive ketones (excluding diaryl/α,β-unsaturated/α-hetero) is 1. The number of ketones is 1. The zero-order valence-corrected chi connectivity index (χ0v) is 16.7. The van der Waals surface area contributed by atoms with Gasteiger partial charge in [-0.2, -0.15) is 0 Å². The molecule has 6 heteroatoms. The van der Waals surface area contributed by atoms with Gasteiger partial charge in [0.1, 0.15) is 5.75 Å². The van der Waals surface area contributed by atoms with Crippen LogP contribution in [0.15, 0.2) is 67.3 Å². The summed E-state index contributed by atoms with van der Waals surface area (Å²) in [5.41, 5.74) is 2.59. The summed E-state index contributed by atoms with van der Waals surface area (Å²) < 4.78 is 7.29. The summed E-state index contributed by atoms with van der Waals surface area (Å²) in [6.07, 6.45) is 5.67. The first-order valence-corrected chi connectivity index (χ1v) is 9.70. The fraction of sp³-hybridized carbons (Fsp3) is 0.261. The molecule has 0 bridgehead atoms. The van der Waals surface area contributed by atoms with Gasteiger partial charge in [-0.15, -0.1) is 0 Å². The van der Waals surface area contributed by atoms with Crippen LogP contribution in [0.25, 0.3) is 5.69 Å². The van der Waals surface area contributed by atoms with E-state index in [1.54, 1.807) is 36.8 Å². The molecule has 1 atom stereocenters. The highest BCUT2D eigenvalue weighted by molar-refractivity contribution is 5.98. The summed E-state index contributed by atoms with van der Waals surface area (Å²) >= 11 is 0. The van der Waals surface area contributed by atoms with Crippen molar-refractivity contribution >= 4 is 11.7 Å². The number of hydrogen-bond acceptors (Lipinski definition) is 4. The van der Waals surface area contributed by atoms with E-state index < -0.39 is 0 Å². The first-order chi connectivity index (χ1) is 14.1. The van der Waals surface area contributed by atoms with Crippen LogP contribution in [0.4, 0.5) is 0 Å². The quantitative estimate of drug-likeness (QED) is 0.557. The SMILES string of the molecule is CCOc1ccc(C(=O)CCC(=O)N[C@H](C)c2ccc(-n3ccnc3)cc2)cc1. The first kappa shape index (κ1) is 20.3. The Balaban J connectivity index is 1.49. The Kier molecular flexibility index (Phi) is 6.79. The van der Waals surface area contributed by atoms with Crippen LogP contribution in [0.1, 0.15) is 48.7 Å². The molecular formula is C23H25N3O3. The number of nitrogens with one attached hydrogen (secondary N) is 1. The number of aromatic nitrogens is 2. The van der Waals surface area contributed by atoms with Crippen molar-refractivity contribution in [2.24, 2.45) is 0 Å². The number of rotatable bonds is 9. The molecule has 150 valence electrons. The highest BCUT2D eigenvalue weighted by Crippen LogP contribution is 2.17. The van der Waals surface area contributed by atoms with Crippen LogP contribution in [0.5, 0.6) is 5.75 Å². The third-order valence-electron chi connectivity index (χ3n) is 4.64. The van der Waals surface area contributed by atoms with Crippen molar-refractivity contribution in [3.8, 4) is 11.4 Å². The third-order valence-corrected chi connectivity index (χ3v) is 4.64. The molecule has 0 aliphatic carbocycles. The van der Waals surface area contributed by atoms with Crippen molar-refractivity contribution in [3.05, 3.63) is 78.4 Å². The predicted octanol–water partition coefficient (Wildman–Crippen LogP) is 4.11. The molecule has 6 nitrogen and oxygen atoms in total. The van der Waals surface area contributed by atoms with Gasteiger partial charge in [0.05, 0.1) is 19.0 Å². The van der Waals surface area contributed by atoms with Crippen LogP contribution in [-0.2, 0) is 4.79 Å². The smallest absolute Gasteiger partial charge is 0.220 e. The van der Waals surface area contributed by atoms with Crippen molar-refractivity contribution < 1.29 is 14.3 Å². The van der Waals surface area contributed by atoms with Crippen molar-refractivity contribution in [3.63, 3.8) is 0 Å². The maximum Gasteiger partial charge on any atom is 0.220 e. The van der Waals surface area contributed by atoms with Crippen LogP contribution >= 0.6 is 0 Å². The molecule has 0 radical (unpaired) electrons. The number of amides is 1. The Bertz CT molecular complexity index is 933. The van der Waals surface area contributed by atoms with Gasteiger partial charge in [0.15, 0.2) is 5.78 Å². The van der Waals surface area contributed by atoms with Gasteiger partial charge >= 0.3 is 0 Å². The lowest BCUT2D eigenvalue weighted by Crippen LogP contribution is -2.27. The Morgan fingerprint density at radius 2 is 1.79 bits per heavy atom. The molecule has 1 heterocycles. The number of nitrogens with zero attached hydrogens (tertiary/aromatic N) is 2. The molecule has 0 spiro atoms. The summed E-state index contributed by atoms with van der Waals surface area (Å²) in [5, 5.41) is 2.95. The summed E-state index contributed by atoms with van der Waals surface area (Å²) in [4.78, 5) is 28.6. The van der Waals surface area contributed by atoms with E-state index in [0.29, 0.717) is 12.2 Å². The first-order valence-electron chi connectivity index (χ1n) is 9.70. The number of imidazole rings is 1. The molecule has 0 saturated carbocycles. The van der Waals surface area contributed by atoms with Crippen molar-refractivity contribution in [2.45, 2.75) is 32.7 Å². The Morgan fingerprint density at radius 3 is 2.41 bits per heavy atom. The maximum atomic E-state index is 12.3. The van der Waals surface area contributed by atoms with E-state index in [-0.39, 0.29) is 30.6 Å². The van der Waals surface area contributed by atoms with Gasteiger partial charge in [-0.25, -0.2) is 4.98 Å². The standard InChI is InChI=1S/C23H25N3O3/c1-3-29-21-10-6-19(7-11-21)22(27)12-13-23(28)25-17(2)18-4-8-20(9-5-18)26-15-14-24-16-26/h4-11,14-17H,3,12-13H2,1-2H3,(H,25,28)/t17-/m1/s1. The van der Waals surface area contributed by atoms with Crippen LogP contribution < -0.4 is 10.1 Å². The van der Waals surface area contributed by atoms with Crippen LogP contribution in [-0.4, -0.2) is 27.8 Å². The highest BCUT2D eigenvalue weighted by Gasteiger charge is 2.13. The second-order valence-electron chi connectivity index (χ2n) is 6.73. The summed E-state index contributed by atoms with van der Waals surface area (Å²) in [6, 6.07) is 14.8. The largest absolute Gasteiger partial charge is 0.494 e. The lowest BCUT2D eigenvalue weighted by molar-refractivity contribution is -0.121. The monoisotopic (exact) mass is 391 g/mol. The Hall–Kier alpha value is -3.41. The van der Waals surface area contributed by atoms with Crippen LogP contribution in [0.2, 0.25) is 0 Å². The van der Waals surface area contributed by atoms with E-state index in [1.807, 2.05) is 48.9 Å². The minimum atomic E-state index is -0.143. The van der Waals surface area contributed by atoms with Crippen molar-refractivity contribution in [2.75, 3.05) is 6.61 Å². The molecule has 3 aromatic rings. The maximum absolute atomic E-state index is 12.3. The van der Waals surface area contributed by atoms with Crippen LogP contribution in [0, 0.1) is 0 Å². The number of carbonyl (C=O) groups excluding carboxylic acids is 2. The number of carbonyl (C=O) groups is 2. The average Bonchev–Trinajstić information content (AvgIpc) is 3.28. The zero-order chi connectivity index (χ0) is 20.6.